The van der Waals surface area contributed by atoms with Gasteiger partial charge < -0.3 is 14.5 Å². The number of imidazole rings is 1. The van der Waals surface area contributed by atoms with Crippen molar-refractivity contribution < 1.29 is 9.47 Å². The smallest absolute Gasteiger partial charge is 0.332 e. The summed E-state index contributed by atoms with van der Waals surface area (Å²) >= 11 is 1.50. The van der Waals surface area contributed by atoms with Gasteiger partial charge in [-0.2, -0.15) is 0 Å². The minimum Gasteiger partial charge on any atom is -0.353 e. The van der Waals surface area contributed by atoms with Crippen molar-refractivity contribution in [3.8, 4) is 0 Å². The first kappa shape index (κ1) is 18.2. The van der Waals surface area contributed by atoms with Gasteiger partial charge in [0.2, 0.25) is 0 Å². The van der Waals surface area contributed by atoms with Crippen LogP contribution in [0.1, 0.15) is 32.6 Å². The van der Waals surface area contributed by atoms with Crippen molar-refractivity contribution in [2.45, 2.75) is 50.6 Å². The van der Waals surface area contributed by atoms with E-state index in [1.807, 2.05) is 6.92 Å². The highest BCUT2D eigenvalue weighted by Crippen LogP contribution is 2.16. The molecule has 1 aliphatic rings. The summed E-state index contributed by atoms with van der Waals surface area (Å²) < 4.78 is 13.8. The largest absolute Gasteiger partial charge is 0.353 e. The number of hydrogen-bond acceptors (Lipinski definition) is 6. The van der Waals surface area contributed by atoms with E-state index in [0.717, 1.165) is 31.6 Å². The van der Waals surface area contributed by atoms with Gasteiger partial charge in [0.05, 0.1) is 6.61 Å². The number of aryl methyl sites for hydroxylation is 1. The van der Waals surface area contributed by atoms with Gasteiger partial charge in [0.1, 0.15) is 0 Å². The minimum atomic E-state index is -0.356. The van der Waals surface area contributed by atoms with E-state index >= 15 is 0 Å². The second-order valence-electron chi connectivity index (χ2n) is 5.99. The highest BCUT2D eigenvalue weighted by atomic mass is 32.2. The zero-order valence-electron chi connectivity index (χ0n) is 14.6. The lowest BCUT2D eigenvalue weighted by molar-refractivity contribution is -0.163. The van der Waals surface area contributed by atoms with E-state index in [1.165, 1.54) is 20.9 Å². The molecule has 138 valence electrons. The van der Waals surface area contributed by atoms with Crippen LogP contribution in [-0.4, -0.2) is 44.4 Å². The monoisotopic (exact) mass is 368 g/mol. The number of ether oxygens (including phenoxy) is 2. The number of H-pyrrole nitrogens is 1. The summed E-state index contributed by atoms with van der Waals surface area (Å²) in [5.41, 5.74) is 0.0806. The fourth-order valence-corrected chi connectivity index (χ4v) is 3.51. The van der Waals surface area contributed by atoms with Crippen molar-refractivity contribution in [2.24, 2.45) is 7.05 Å². The van der Waals surface area contributed by atoms with Crippen molar-refractivity contribution in [1.29, 1.82) is 0 Å². The molecule has 1 unspecified atom stereocenters. The van der Waals surface area contributed by atoms with Crippen LogP contribution in [0.15, 0.2) is 14.7 Å². The third-order valence-corrected chi connectivity index (χ3v) is 4.96. The summed E-state index contributed by atoms with van der Waals surface area (Å²) in [6.45, 7) is 3.51. The maximum absolute atomic E-state index is 12.6. The number of hydrogen-bond donors (Lipinski definition) is 1. The first-order valence-electron chi connectivity index (χ1n) is 8.67. The summed E-state index contributed by atoms with van der Waals surface area (Å²) in [6, 6.07) is 0. The van der Waals surface area contributed by atoms with Gasteiger partial charge in [0.25, 0.3) is 5.56 Å². The van der Waals surface area contributed by atoms with Crippen molar-refractivity contribution in [1.82, 2.24) is 19.1 Å². The average molecular weight is 368 g/mol. The number of thioether (sulfide) groups is 1. The molecule has 25 heavy (non-hydrogen) atoms. The molecule has 1 aliphatic heterocycles. The van der Waals surface area contributed by atoms with Crippen LogP contribution in [0.3, 0.4) is 0 Å². The van der Waals surface area contributed by atoms with Gasteiger partial charge in [-0.05, 0) is 31.4 Å². The Morgan fingerprint density at radius 3 is 2.96 bits per heavy atom. The Balaban J connectivity index is 1.72. The molecule has 0 aromatic carbocycles. The lowest BCUT2D eigenvalue weighted by Crippen LogP contribution is -2.39. The molecule has 0 bridgehead atoms. The topological polar surface area (TPSA) is 91.1 Å². The van der Waals surface area contributed by atoms with Gasteiger partial charge >= 0.3 is 5.69 Å². The molecule has 0 amide bonds. The van der Waals surface area contributed by atoms with Crippen LogP contribution < -0.4 is 11.2 Å². The first-order chi connectivity index (χ1) is 12.1. The van der Waals surface area contributed by atoms with E-state index < -0.39 is 0 Å². The molecule has 0 aliphatic carbocycles. The normalized spacial score (nSPS) is 18.1. The van der Waals surface area contributed by atoms with Crippen LogP contribution in [0.4, 0.5) is 0 Å². The summed E-state index contributed by atoms with van der Waals surface area (Å²) in [4.78, 5) is 32.4. The molecule has 3 heterocycles. The van der Waals surface area contributed by atoms with E-state index in [-0.39, 0.29) is 17.5 Å². The van der Waals surface area contributed by atoms with Gasteiger partial charge in [0, 0.05) is 20.2 Å². The Morgan fingerprint density at radius 2 is 2.24 bits per heavy atom. The predicted molar refractivity (Wildman–Crippen MR) is 96.2 cm³/mol. The molecule has 0 spiro atoms. The Bertz CT molecular complexity index is 835. The zero-order valence-corrected chi connectivity index (χ0v) is 15.4. The fraction of sp³-hybridized carbons (Fsp3) is 0.688. The summed E-state index contributed by atoms with van der Waals surface area (Å²) in [6.07, 6.45) is 3.51. The predicted octanol–water partition coefficient (Wildman–Crippen LogP) is 1.47. The molecule has 0 radical (unpaired) electrons. The molecule has 1 fully saturated rings. The standard InChI is InChI=1S/C16H24N4O4S/c1-3-25-15-17-12-13(18-15)19(2)16(22)20(14(12)21)8-6-10-24-11-7-4-5-9-23-11/h11H,3-10H2,1-2H3,(H,17,18). The van der Waals surface area contributed by atoms with Crippen LogP contribution >= 0.6 is 11.8 Å². The summed E-state index contributed by atoms with van der Waals surface area (Å²) in [7, 11) is 1.63. The highest BCUT2D eigenvalue weighted by Gasteiger charge is 2.16. The zero-order chi connectivity index (χ0) is 17.8. The summed E-state index contributed by atoms with van der Waals surface area (Å²) in [5, 5.41) is 0.653. The Morgan fingerprint density at radius 1 is 1.40 bits per heavy atom. The molecular formula is C16H24N4O4S. The lowest BCUT2D eigenvalue weighted by Gasteiger charge is -2.22. The molecule has 8 nitrogen and oxygen atoms in total. The maximum atomic E-state index is 12.6. The third-order valence-electron chi connectivity index (χ3n) is 4.21. The van der Waals surface area contributed by atoms with Crippen LogP contribution in [0.5, 0.6) is 0 Å². The second kappa shape index (κ2) is 8.20. The van der Waals surface area contributed by atoms with Gasteiger partial charge in [0.15, 0.2) is 22.6 Å². The summed E-state index contributed by atoms with van der Waals surface area (Å²) in [5.74, 6) is 0.836. The van der Waals surface area contributed by atoms with Crippen LogP contribution in [0, 0.1) is 0 Å². The van der Waals surface area contributed by atoms with E-state index in [9.17, 15) is 9.59 Å². The Labute approximate surface area is 149 Å². The fourth-order valence-electron chi connectivity index (χ4n) is 2.91. The molecule has 1 atom stereocenters. The molecule has 0 saturated carbocycles. The molecule has 3 rings (SSSR count). The van der Waals surface area contributed by atoms with E-state index in [4.69, 9.17) is 9.47 Å². The number of aromatic nitrogens is 4. The third kappa shape index (κ3) is 3.99. The SMILES string of the molecule is CCSc1nc2c([nH]1)c(=O)n(CCCOC1CCCCO1)c(=O)n2C. The Kier molecular flexibility index (Phi) is 5.98. The van der Waals surface area contributed by atoms with E-state index in [1.54, 1.807) is 7.05 Å². The number of aromatic amines is 1. The van der Waals surface area contributed by atoms with Gasteiger partial charge in [-0.3, -0.25) is 13.9 Å². The number of rotatable bonds is 7. The van der Waals surface area contributed by atoms with Crippen molar-refractivity contribution >= 4 is 22.9 Å². The number of nitrogens with zero attached hydrogens (tertiary/aromatic N) is 3. The number of fused-ring (bicyclic) bond motifs is 1. The van der Waals surface area contributed by atoms with Gasteiger partial charge in [-0.15, -0.1) is 0 Å². The molecular weight excluding hydrogens is 344 g/mol. The van der Waals surface area contributed by atoms with Crippen LogP contribution in [0.25, 0.3) is 11.2 Å². The van der Waals surface area contributed by atoms with E-state index in [2.05, 4.69) is 9.97 Å². The van der Waals surface area contributed by atoms with Crippen LogP contribution in [0.2, 0.25) is 0 Å². The van der Waals surface area contributed by atoms with E-state index in [0.29, 0.717) is 35.9 Å². The lowest BCUT2D eigenvalue weighted by atomic mass is 10.2. The maximum Gasteiger partial charge on any atom is 0.332 e. The highest BCUT2D eigenvalue weighted by molar-refractivity contribution is 7.99. The van der Waals surface area contributed by atoms with Crippen LogP contribution in [-0.2, 0) is 23.1 Å². The average Bonchev–Trinajstić information content (AvgIpc) is 3.05. The molecule has 1 saturated heterocycles. The second-order valence-corrected chi connectivity index (χ2v) is 7.25. The van der Waals surface area contributed by atoms with Gasteiger partial charge in [-0.25, -0.2) is 9.78 Å². The molecule has 2 aromatic heterocycles. The first-order valence-corrected chi connectivity index (χ1v) is 9.66. The number of nitrogens with one attached hydrogen (secondary N) is 1. The molecule has 9 heteroatoms. The molecule has 2 aromatic rings. The van der Waals surface area contributed by atoms with Crippen molar-refractivity contribution in [3.63, 3.8) is 0 Å². The Hall–Kier alpha value is -1.58. The van der Waals surface area contributed by atoms with Crippen molar-refractivity contribution in [2.75, 3.05) is 19.0 Å². The van der Waals surface area contributed by atoms with Crippen molar-refractivity contribution in [3.05, 3.63) is 20.8 Å². The quantitative estimate of drug-likeness (QED) is 0.588. The minimum absolute atomic E-state index is 0.156. The molecule has 1 N–H and O–H groups in total. The van der Waals surface area contributed by atoms with Gasteiger partial charge in [-0.1, -0.05) is 18.7 Å².